The predicted molar refractivity (Wildman–Crippen MR) is 95.7 cm³/mol. The minimum Gasteiger partial charge on any atom is -0.373 e. The quantitative estimate of drug-likeness (QED) is 0.334. The molecule has 0 amide bonds. The molecule has 0 saturated carbocycles. The maximum absolute atomic E-state index is 5.65. The molecule has 0 fully saturated rings. The Morgan fingerprint density at radius 2 is 1.00 bits per heavy atom. The monoisotopic (exact) mass is 290 g/mol. The van der Waals surface area contributed by atoms with Crippen molar-refractivity contribution in [1.82, 2.24) is 0 Å². The summed E-state index contributed by atoms with van der Waals surface area (Å²) >= 11 is 0. The van der Waals surface area contributed by atoms with Gasteiger partial charge in [-0.1, -0.05) is 46.6 Å². The summed E-state index contributed by atoms with van der Waals surface area (Å²) in [4.78, 5) is 0. The van der Waals surface area contributed by atoms with Crippen molar-refractivity contribution in [3.8, 4) is 0 Å². The molecule has 0 unspecified atom stereocenters. The van der Waals surface area contributed by atoms with E-state index in [0.717, 1.165) is 38.9 Å². The first-order valence-corrected chi connectivity index (χ1v) is 8.07. The van der Waals surface area contributed by atoms with E-state index in [2.05, 4.69) is 65.8 Å². The lowest BCUT2D eigenvalue weighted by Gasteiger charge is -2.02. The lowest BCUT2D eigenvalue weighted by atomic mass is 10.1. The molecule has 0 aromatic rings. The van der Waals surface area contributed by atoms with Crippen LogP contribution in [0.25, 0.3) is 0 Å². The summed E-state index contributed by atoms with van der Waals surface area (Å²) in [5.41, 5.74) is 5.62. The average molecular weight is 290 g/mol. The lowest BCUT2D eigenvalue weighted by molar-refractivity contribution is 0.192. The fourth-order valence-electron chi connectivity index (χ4n) is 1.85. The van der Waals surface area contributed by atoms with Gasteiger partial charge in [-0.2, -0.15) is 0 Å². The molecule has 1 nitrogen and oxygen atoms in total. The zero-order valence-electron chi connectivity index (χ0n) is 15.0. The molecule has 0 aliphatic carbocycles. The standard InChI is InChI=1S/C20H34O/c1-17(2)9-7-11-19(5)13-15-21-16-14-20(6)12-8-10-18(3)4/h9-10,13-14H,7-8,11-12,15-16H2,1-6H3/b19-13-,20-14+. The molecule has 0 atom stereocenters. The molecule has 0 radical (unpaired) electrons. The molecule has 0 N–H and O–H groups in total. The third-order valence-electron chi connectivity index (χ3n) is 3.28. The molecular weight excluding hydrogens is 256 g/mol. The van der Waals surface area contributed by atoms with Crippen LogP contribution >= 0.6 is 0 Å². The molecule has 0 bridgehead atoms. The van der Waals surface area contributed by atoms with Gasteiger partial charge in [0.15, 0.2) is 0 Å². The number of hydrogen-bond donors (Lipinski definition) is 0. The second kappa shape index (κ2) is 12.6. The Morgan fingerprint density at radius 1 is 0.619 bits per heavy atom. The number of allylic oxidation sites excluding steroid dienone is 6. The van der Waals surface area contributed by atoms with Gasteiger partial charge in [-0.25, -0.2) is 0 Å². The van der Waals surface area contributed by atoms with Crippen molar-refractivity contribution >= 4 is 0 Å². The van der Waals surface area contributed by atoms with Gasteiger partial charge in [-0.15, -0.1) is 0 Å². The summed E-state index contributed by atoms with van der Waals surface area (Å²) in [5.74, 6) is 0. The largest absolute Gasteiger partial charge is 0.373 e. The molecule has 0 spiro atoms. The highest BCUT2D eigenvalue weighted by Crippen LogP contribution is 2.08. The van der Waals surface area contributed by atoms with Crippen molar-refractivity contribution in [2.45, 2.75) is 67.2 Å². The van der Waals surface area contributed by atoms with Gasteiger partial charge in [-0.05, 0) is 67.2 Å². The maximum Gasteiger partial charge on any atom is 0.0654 e. The van der Waals surface area contributed by atoms with E-state index in [0.29, 0.717) is 0 Å². The van der Waals surface area contributed by atoms with Crippen molar-refractivity contribution < 1.29 is 4.74 Å². The highest BCUT2D eigenvalue weighted by Gasteiger charge is 1.91. The first-order chi connectivity index (χ1) is 9.91. The minimum atomic E-state index is 0.721. The topological polar surface area (TPSA) is 9.23 Å². The van der Waals surface area contributed by atoms with Crippen LogP contribution in [0.3, 0.4) is 0 Å². The first kappa shape index (κ1) is 19.9. The van der Waals surface area contributed by atoms with E-state index in [1.807, 2.05) is 0 Å². The van der Waals surface area contributed by atoms with Crippen LogP contribution in [-0.2, 0) is 4.74 Å². The van der Waals surface area contributed by atoms with E-state index in [4.69, 9.17) is 4.74 Å². The maximum atomic E-state index is 5.65. The van der Waals surface area contributed by atoms with Crippen LogP contribution in [0.1, 0.15) is 67.2 Å². The summed E-state index contributed by atoms with van der Waals surface area (Å²) < 4.78 is 5.65. The summed E-state index contributed by atoms with van der Waals surface area (Å²) in [6.07, 6.45) is 13.5. The van der Waals surface area contributed by atoms with Gasteiger partial charge < -0.3 is 4.74 Å². The lowest BCUT2D eigenvalue weighted by Crippen LogP contribution is -1.93. The second-order valence-electron chi connectivity index (χ2n) is 6.28. The molecule has 0 aliphatic heterocycles. The first-order valence-electron chi connectivity index (χ1n) is 8.07. The Labute approximate surface area is 132 Å². The Kier molecular flexibility index (Phi) is 12.0. The van der Waals surface area contributed by atoms with Gasteiger partial charge in [0, 0.05) is 0 Å². The van der Waals surface area contributed by atoms with Crippen molar-refractivity contribution in [3.63, 3.8) is 0 Å². The smallest absolute Gasteiger partial charge is 0.0654 e. The fourth-order valence-corrected chi connectivity index (χ4v) is 1.85. The zero-order chi connectivity index (χ0) is 16.1. The van der Waals surface area contributed by atoms with Crippen LogP contribution < -0.4 is 0 Å². The van der Waals surface area contributed by atoms with E-state index < -0.39 is 0 Å². The van der Waals surface area contributed by atoms with E-state index in [-0.39, 0.29) is 0 Å². The van der Waals surface area contributed by atoms with Crippen molar-refractivity contribution in [2.24, 2.45) is 0 Å². The zero-order valence-corrected chi connectivity index (χ0v) is 15.0. The van der Waals surface area contributed by atoms with Crippen LogP contribution in [0.15, 0.2) is 46.6 Å². The molecule has 0 rings (SSSR count). The summed E-state index contributed by atoms with van der Waals surface area (Å²) in [5, 5.41) is 0. The third kappa shape index (κ3) is 15.1. The Hall–Kier alpha value is -1.08. The molecular formula is C20H34O. The van der Waals surface area contributed by atoms with Crippen molar-refractivity contribution in [1.29, 1.82) is 0 Å². The van der Waals surface area contributed by atoms with Gasteiger partial charge in [0.1, 0.15) is 0 Å². The van der Waals surface area contributed by atoms with Gasteiger partial charge in [0.25, 0.3) is 0 Å². The molecule has 21 heavy (non-hydrogen) atoms. The molecule has 0 saturated heterocycles. The van der Waals surface area contributed by atoms with E-state index in [1.165, 1.54) is 22.3 Å². The normalized spacial score (nSPS) is 12.3. The molecule has 0 aliphatic rings. The van der Waals surface area contributed by atoms with Crippen LogP contribution in [0.2, 0.25) is 0 Å². The summed E-state index contributed by atoms with van der Waals surface area (Å²) in [6, 6.07) is 0. The van der Waals surface area contributed by atoms with Gasteiger partial charge >= 0.3 is 0 Å². The summed E-state index contributed by atoms with van der Waals surface area (Å²) in [7, 11) is 0. The Morgan fingerprint density at radius 3 is 1.33 bits per heavy atom. The number of rotatable bonds is 10. The highest BCUT2D eigenvalue weighted by atomic mass is 16.5. The van der Waals surface area contributed by atoms with E-state index in [1.54, 1.807) is 0 Å². The minimum absolute atomic E-state index is 0.721. The van der Waals surface area contributed by atoms with E-state index >= 15 is 0 Å². The average Bonchev–Trinajstić information content (AvgIpc) is 2.37. The molecule has 0 heterocycles. The summed E-state index contributed by atoms with van der Waals surface area (Å²) in [6.45, 7) is 14.4. The molecule has 120 valence electrons. The third-order valence-corrected chi connectivity index (χ3v) is 3.28. The second-order valence-corrected chi connectivity index (χ2v) is 6.28. The van der Waals surface area contributed by atoms with Crippen LogP contribution in [-0.4, -0.2) is 13.2 Å². The van der Waals surface area contributed by atoms with Gasteiger partial charge in [0.05, 0.1) is 13.2 Å². The number of ether oxygens (including phenoxy) is 1. The molecule has 0 aromatic carbocycles. The highest BCUT2D eigenvalue weighted by molar-refractivity contribution is 5.03. The molecule has 1 heteroatoms. The van der Waals surface area contributed by atoms with Crippen LogP contribution in [0, 0.1) is 0 Å². The molecule has 0 aromatic heterocycles. The van der Waals surface area contributed by atoms with Gasteiger partial charge in [-0.3, -0.25) is 0 Å². The Balaban J connectivity index is 3.78. The fraction of sp³-hybridized carbons (Fsp3) is 0.600. The van der Waals surface area contributed by atoms with Crippen LogP contribution in [0.4, 0.5) is 0 Å². The van der Waals surface area contributed by atoms with Crippen LogP contribution in [0.5, 0.6) is 0 Å². The number of hydrogen-bond acceptors (Lipinski definition) is 1. The van der Waals surface area contributed by atoms with Crippen molar-refractivity contribution in [2.75, 3.05) is 13.2 Å². The van der Waals surface area contributed by atoms with Gasteiger partial charge in [0.2, 0.25) is 0 Å². The Bertz CT molecular complexity index is 348. The van der Waals surface area contributed by atoms with E-state index in [9.17, 15) is 0 Å². The predicted octanol–water partition coefficient (Wildman–Crippen LogP) is 6.39. The SMILES string of the molecule is CC(C)=CCC/C(C)=C\COC/C=C(\C)CCC=C(C)C. The van der Waals surface area contributed by atoms with Crippen molar-refractivity contribution in [3.05, 3.63) is 46.6 Å².